The molecule has 0 radical (unpaired) electrons. The molecule has 0 N–H and O–H groups in total. The Morgan fingerprint density at radius 2 is 1.48 bits per heavy atom. The maximum Gasteiger partial charge on any atom is 0.0713 e. The number of hydrogen-bond acceptors (Lipinski definition) is 1. The quantitative estimate of drug-likeness (QED) is 0.737. The van der Waals surface area contributed by atoms with Gasteiger partial charge in [0.15, 0.2) is 0 Å². The number of methoxy groups -OCH3 is 1. The largest absolute Gasteiger partial charge is 0.380 e. The molecular weight excluding hydrogens is 280 g/mol. The lowest BCUT2D eigenvalue weighted by atomic mass is 9.86. The summed E-state index contributed by atoms with van der Waals surface area (Å²) in [5, 5.41) is 0.857. The van der Waals surface area contributed by atoms with Gasteiger partial charge in [-0.05, 0) is 40.2 Å². The molecule has 2 rings (SSSR count). The zero-order chi connectivity index (χ0) is 15.5. The normalized spacial score (nSPS) is 11.7. The molecule has 0 aromatic heterocycles. The van der Waals surface area contributed by atoms with Crippen molar-refractivity contribution >= 4 is 11.6 Å². The van der Waals surface area contributed by atoms with E-state index in [0.717, 1.165) is 11.4 Å². The van der Waals surface area contributed by atoms with Gasteiger partial charge in [-0.25, -0.2) is 0 Å². The van der Waals surface area contributed by atoms with Crippen molar-refractivity contribution in [3.05, 3.63) is 69.7 Å². The van der Waals surface area contributed by atoms with Crippen LogP contribution in [0.5, 0.6) is 0 Å². The van der Waals surface area contributed by atoms with E-state index in [2.05, 4.69) is 63.2 Å². The van der Waals surface area contributed by atoms with Crippen LogP contribution < -0.4 is 0 Å². The molecule has 0 unspecified atom stereocenters. The van der Waals surface area contributed by atoms with Gasteiger partial charge in [0.05, 0.1) is 6.61 Å². The standard InChI is InChI=1S/C19H23ClO/c1-19(2,3)17-10-9-16(12-18(17)20)11-14-5-7-15(8-6-14)13-21-4/h5-10,12H,11,13H2,1-4H3. The van der Waals surface area contributed by atoms with Crippen molar-refractivity contribution in [2.24, 2.45) is 0 Å². The minimum absolute atomic E-state index is 0.0808. The molecule has 2 heteroatoms. The van der Waals surface area contributed by atoms with Crippen LogP contribution in [0.4, 0.5) is 0 Å². The molecule has 0 atom stereocenters. The number of benzene rings is 2. The van der Waals surface area contributed by atoms with Crippen LogP contribution in [-0.2, 0) is 23.2 Å². The van der Waals surface area contributed by atoms with Gasteiger partial charge in [-0.1, -0.05) is 68.8 Å². The predicted octanol–water partition coefficient (Wildman–Crippen LogP) is 5.37. The highest BCUT2D eigenvalue weighted by atomic mass is 35.5. The summed E-state index contributed by atoms with van der Waals surface area (Å²) in [6.45, 7) is 7.21. The molecule has 112 valence electrons. The maximum atomic E-state index is 6.43. The highest BCUT2D eigenvalue weighted by Crippen LogP contribution is 2.30. The number of ether oxygens (including phenoxy) is 1. The van der Waals surface area contributed by atoms with Gasteiger partial charge in [-0.3, -0.25) is 0 Å². The van der Waals surface area contributed by atoms with Gasteiger partial charge in [0, 0.05) is 12.1 Å². The predicted molar refractivity (Wildman–Crippen MR) is 90.1 cm³/mol. The maximum absolute atomic E-state index is 6.43. The summed E-state index contributed by atoms with van der Waals surface area (Å²) >= 11 is 6.43. The molecule has 0 saturated carbocycles. The first-order valence-electron chi connectivity index (χ1n) is 7.26. The monoisotopic (exact) mass is 302 g/mol. The van der Waals surface area contributed by atoms with Gasteiger partial charge in [0.2, 0.25) is 0 Å². The first kappa shape index (κ1) is 16.1. The molecule has 0 fully saturated rings. The van der Waals surface area contributed by atoms with Crippen LogP contribution in [0, 0.1) is 0 Å². The van der Waals surface area contributed by atoms with E-state index in [4.69, 9.17) is 16.3 Å². The van der Waals surface area contributed by atoms with E-state index >= 15 is 0 Å². The minimum Gasteiger partial charge on any atom is -0.380 e. The van der Waals surface area contributed by atoms with Crippen molar-refractivity contribution in [3.8, 4) is 0 Å². The average molecular weight is 303 g/mol. The Labute approximate surface area is 132 Å². The molecule has 0 bridgehead atoms. The first-order chi connectivity index (χ1) is 9.90. The molecule has 1 nitrogen and oxygen atoms in total. The van der Waals surface area contributed by atoms with Gasteiger partial charge < -0.3 is 4.74 Å². The van der Waals surface area contributed by atoms with Crippen molar-refractivity contribution in [2.45, 2.75) is 39.2 Å². The minimum atomic E-state index is 0.0808. The Bertz CT molecular complexity index is 594. The van der Waals surface area contributed by atoms with Crippen molar-refractivity contribution in [1.82, 2.24) is 0 Å². The average Bonchev–Trinajstić information content (AvgIpc) is 2.40. The van der Waals surface area contributed by atoms with E-state index in [1.165, 1.54) is 22.3 Å². The van der Waals surface area contributed by atoms with Crippen LogP contribution in [0.3, 0.4) is 0 Å². The summed E-state index contributed by atoms with van der Waals surface area (Å²) in [6, 6.07) is 14.9. The van der Waals surface area contributed by atoms with Gasteiger partial charge in [0.1, 0.15) is 0 Å². The van der Waals surface area contributed by atoms with Crippen LogP contribution >= 0.6 is 11.6 Å². The van der Waals surface area contributed by atoms with Gasteiger partial charge >= 0.3 is 0 Å². The van der Waals surface area contributed by atoms with Crippen molar-refractivity contribution in [2.75, 3.05) is 7.11 Å². The molecule has 0 heterocycles. The second-order valence-corrected chi connectivity index (χ2v) is 6.90. The van der Waals surface area contributed by atoms with Crippen molar-refractivity contribution in [1.29, 1.82) is 0 Å². The zero-order valence-corrected chi connectivity index (χ0v) is 14.0. The lowest BCUT2D eigenvalue weighted by Crippen LogP contribution is -2.11. The Hall–Kier alpha value is -1.31. The highest BCUT2D eigenvalue weighted by molar-refractivity contribution is 6.31. The van der Waals surface area contributed by atoms with Crippen molar-refractivity contribution in [3.63, 3.8) is 0 Å². The van der Waals surface area contributed by atoms with Crippen molar-refractivity contribution < 1.29 is 4.74 Å². The van der Waals surface area contributed by atoms with Crippen LogP contribution in [0.2, 0.25) is 5.02 Å². The molecule has 0 amide bonds. The SMILES string of the molecule is COCc1ccc(Cc2ccc(C(C)(C)C)c(Cl)c2)cc1. The van der Waals surface area contributed by atoms with Crippen LogP contribution in [-0.4, -0.2) is 7.11 Å². The summed E-state index contributed by atoms with van der Waals surface area (Å²) in [5.74, 6) is 0. The summed E-state index contributed by atoms with van der Waals surface area (Å²) < 4.78 is 5.13. The fourth-order valence-corrected chi connectivity index (χ4v) is 2.92. The Kier molecular flexibility index (Phi) is 5.08. The third kappa shape index (κ3) is 4.33. The number of rotatable bonds is 4. The molecule has 2 aromatic carbocycles. The van der Waals surface area contributed by atoms with E-state index in [1.54, 1.807) is 7.11 Å². The summed E-state index contributed by atoms with van der Waals surface area (Å²) in [5.41, 5.74) is 5.00. The van der Waals surface area contributed by atoms with Crippen LogP contribution in [0.25, 0.3) is 0 Å². The first-order valence-corrected chi connectivity index (χ1v) is 7.63. The zero-order valence-electron chi connectivity index (χ0n) is 13.2. The fraction of sp³-hybridized carbons (Fsp3) is 0.368. The summed E-state index contributed by atoms with van der Waals surface area (Å²) in [6.07, 6.45) is 0.900. The molecular formula is C19H23ClO. The van der Waals surface area contributed by atoms with E-state index < -0.39 is 0 Å². The third-order valence-corrected chi connectivity index (χ3v) is 3.90. The molecule has 0 aliphatic rings. The third-order valence-electron chi connectivity index (χ3n) is 3.58. The molecule has 0 aliphatic carbocycles. The van der Waals surface area contributed by atoms with E-state index in [0.29, 0.717) is 6.61 Å². The second-order valence-electron chi connectivity index (χ2n) is 6.49. The lowest BCUT2D eigenvalue weighted by Gasteiger charge is -2.21. The summed E-state index contributed by atoms with van der Waals surface area (Å²) in [7, 11) is 1.71. The smallest absolute Gasteiger partial charge is 0.0713 e. The molecule has 2 aromatic rings. The van der Waals surface area contributed by atoms with Crippen LogP contribution in [0.15, 0.2) is 42.5 Å². The number of hydrogen-bond donors (Lipinski definition) is 0. The van der Waals surface area contributed by atoms with E-state index in [-0.39, 0.29) is 5.41 Å². The van der Waals surface area contributed by atoms with Crippen LogP contribution in [0.1, 0.15) is 43.0 Å². The lowest BCUT2D eigenvalue weighted by molar-refractivity contribution is 0.185. The number of halogens is 1. The van der Waals surface area contributed by atoms with E-state index in [1.807, 2.05) is 0 Å². The highest BCUT2D eigenvalue weighted by Gasteiger charge is 2.17. The Balaban J connectivity index is 2.15. The van der Waals surface area contributed by atoms with Gasteiger partial charge in [-0.2, -0.15) is 0 Å². The molecule has 21 heavy (non-hydrogen) atoms. The molecule has 0 aliphatic heterocycles. The molecule has 0 saturated heterocycles. The van der Waals surface area contributed by atoms with E-state index in [9.17, 15) is 0 Å². The summed E-state index contributed by atoms with van der Waals surface area (Å²) in [4.78, 5) is 0. The van der Waals surface area contributed by atoms with Gasteiger partial charge in [-0.15, -0.1) is 0 Å². The topological polar surface area (TPSA) is 9.23 Å². The van der Waals surface area contributed by atoms with Gasteiger partial charge in [0.25, 0.3) is 0 Å². The second kappa shape index (κ2) is 6.64. The Morgan fingerprint density at radius 1 is 0.905 bits per heavy atom. The Morgan fingerprint density at radius 3 is 2.00 bits per heavy atom. The molecule has 0 spiro atoms. The fourth-order valence-electron chi connectivity index (χ4n) is 2.43.